The van der Waals surface area contributed by atoms with Gasteiger partial charge in [0.2, 0.25) is 0 Å². The van der Waals surface area contributed by atoms with Gasteiger partial charge < -0.3 is 24.1 Å². The van der Waals surface area contributed by atoms with E-state index in [4.69, 9.17) is 14.2 Å². The van der Waals surface area contributed by atoms with Gasteiger partial charge in [0.15, 0.2) is 0 Å². The summed E-state index contributed by atoms with van der Waals surface area (Å²) in [6.45, 7) is 8.03. The minimum Gasteiger partial charge on any atom is -0.545 e. The van der Waals surface area contributed by atoms with E-state index in [0.717, 1.165) is 44.6 Å². The van der Waals surface area contributed by atoms with Crippen LogP contribution in [-0.4, -0.2) is 43.7 Å². The third-order valence-corrected chi connectivity index (χ3v) is 13.4. The van der Waals surface area contributed by atoms with Crippen LogP contribution in [-0.2, 0) is 33.4 Å². The molecular formula is C62H115NaO8. The Morgan fingerprint density at radius 3 is 0.549 bits per heavy atom. The Labute approximate surface area is 462 Å². The predicted molar refractivity (Wildman–Crippen MR) is 295 cm³/mol. The molecule has 0 bridgehead atoms. The van der Waals surface area contributed by atoms with E-state index in [1.165, 1.54) is 282 Å². The van der Waals surface area contributed by atoms with Crippen LogP contribution in [0.1, 0.15) is 329 Å². The van der Waals surface area contributed by atoms with Crippen LogP contribution in [0.5, 0.6) is 0 Å². The maximum atomic E-state index is 11.8. The summed E-state index contributed by atoms with van der Waals surface area (Å²) in [5.41, 5.74) is 0. The first-order valence-corrected chi connectivity index (χ1v) is 30.4. The molecule has 0 N–H and O–H groups in total. The molecule has 0 radical (unpaired) electrons. The van der Waals surface area contributed by atoms with E-state index >= 15 is 0 Å². The summed E-state index contributed by atoms with van der Waals surface area (Å²) in [5.74, 6) is -2.91. The second-order valence-corrected chi connectivity index (χ2v) is 20.4. The Bertz CT molecular complexity index is 1100. The van der Waals surface area contributed by atoms with Gasteiger partial charge in [-0.2, -0.15) is 0 Å². The largest absolute Gasteiger partial charge is 1.00 e. The van der Waals surface area contributed by atoms with Crippen molar-refractivity contribution in [1.29, 1.82) is 0 Å². The minimum absolute atomic E-state index is 0. The quantitative estimate of drug-likeness (QED) is 0.0194. The summed E-state index contributed by atoms with van der Waals surface area (Å²) in [6, 6.07) is 0. The van der Waals surface area contributed by atoms with Gasteiger partial charge >= 0.3 is 47.5 Å². The third-order valence-electron chi connectivity index (χ3n) is 13.4. The molecule has 0 heterocycles. The Kier molecular flexibility index (Phi) is 68.8. The summed E-state index contributed by atoms with van der Waals surface area (Å²) in [7, 11) is 0. The molecule has 9 heteroatoms. The molecule has 0 aromatic rings. The summed E-state index contributed by atoms with van der Waals surface area (Å²) >= 11 is 0. The average molecular weight is 1010 g/mol. The van der Waals surface area contributed by atoms with Crippen LogP contribution in [0.2, 0.25) is 0 Å². The van der Waals surface area contributed by atoms with Crippen molar-refractivity contribution in [3.63, 3.8) is 0 Å². The van der Waals surface area contributed by atoms with Gasteiger partial charge in [0.1, 0.15) is 0 Å². The molecule has 0 aliphatic carbocycles. The van der Waals surface area contributed by atoms with Crippen LogP contribution in [0.4, 0.5) is 0 Å². The Balaban J connectivity index is -0.00000146. The van der Waals surface area contributed by atoms with E-state index in [-0.39, 0.29) is 29.6 Å². The smallest absolute Gasteiger partial charge is 0.545 e. The van der Waals surface area contributed by atoms with Gasteiger partial charge in [-0.1, -0.05) is 310 Å². The SMILES string of the molecule is CCCCCCCCCCCCCCCCCCOC(=O)/C=C/C(=O)OCCCCCCCCCCCCCCCCCC.CCCCCCCCCCCCCCCCCCOC(=O)/C=C/C(=O)[O-].[Na+]. The predicted octanol–water partition coefficient (Wildman–Crippen LogP) is 15.3. The number of hydrogen-bond acceptors (Lipinski definition) is 8. The monoisotopic (exact) mass is 1010 g/mol. The van der Waals surface area contributed by atoms with Crippen molar-refractivity contribution in [3.05, 3.63) is 24.3 Å². The maximum Gasteiger partial charge on any atom is 1.00 e. The molecule has 0 aliphatic rings. The van der Waals surface area contributed by atoms with Crippen LogP contribution in [0.25, 0.3) is 0 Å². The molecule has 0 aliphatic heterocycles. The number of ether oxygens (including phenoxy) is 3. The van der Waals surface area contributed by atoms with Crippen LogP contribution in [0.3, 0.4) is 0 Å². The van der Waals surface area contributed by atoms with Crippen molar-refractivity contribution < 1.29 is 68.1 Å². The number of unbranched alkanes of at least 4 members (excludes halogenated alkanes) is 45. The molecule has 0 saturated carbocycles. The first-order valence-electron chi connectivity index (χ1n) is 30.4. The molecule has 0 saturated heterocycles. The number of carboxylic acids is 1. The number of carbonyl (C=O) groups excluding carboxylic acids is 4. The zero-order chi connectivity index (χ0) is 51.3. The maximum absolute atomic E-state index is 11.8. The van der Waals surface area contributed by atoms with E-state index in [9.17, 15) is 24.3 Å². The number of carbonyl (C=O) groups is 4. The molecule has 412 valence electrons. The number of carboxylic acid groups (broad SMARTS) is 1. The summed E-state index contributed by atoms with van der Waals surface area (Å²) in [6.07, 6.45) is 67.2. The van der Waals surface area contributed by atoms with Crippen molar-refractivity contribution in [2.24, 2.45) is 0 Å². The molecule has 0 aromatic heterocycles. The van der Waals surface area contributed by atoms with E-state index < -0.39 is 23.9 Å². The normalized spacial score (nSPS) is 11.1. The van der Waals surface area contributed by atoms with Gasteiger partial charge in [0, 0.05) is 18.2 Å². The minimum atomic E-state index is -1.38. The number of esters is 3. The van der Waals surface area contributed by atoms with Crippen molar-refractivity contribution in [1.82, 2.24) is 0 Å². The zero-order valence-electron chi connectivity index (χ0n) is 47.6. The molecule has 0 aromatic carbocycles. The molecule has 0 spiro atoms. The van der Waals surface area contributed by atoms with Gasteiger partial charge in [-0.3, -0.25) is 0 Å². The second-order valence-electron chi connectivity index (χ2n) is 20.4. The molecule has 8 nitrogen and oxygen atoms in total. The van der Waals surface area contributed by atoms with Gasteiger partial charge in [0.05, 0.1) is 25.8 Å². The van der Waals surface area contributed by atoms with Crippen LogP contribution in [0.15, 0.2) is 24.3 Å². The molecule has 71 heavy (non-hydrogen) atoms. The topological polar surface area (TPSA) is 119 Å². The Morgan fingerprint density at radius 2 is 0.394 bits per heavy atom. The number of aliphatic carboxylic acids is 1. The van der Waals surface area contributed by atoms with Crippen LogP contribution >= 0.6 is 0 Å². The van der Waals surface area contributed by atoms with Gasteiger partial charge in [-0.05, 0) is 25.3 Å². The van der Waals surface area contributed by atoms with Gasteiger partial charge in [-0.25, -0.2) is 14.4 Å². The van der Waals surface area contributed by atoms with Crippen molar-refractivity contribution in [2.45, 2.75) is 329 Å². The summed E-state index contributed by atoms with van der Waals surface area (Å²) in [5, 5.41) is 10.1. The van der Waals surface area contributed by atoms with Crippen molar-refractivity contribution >= 4 is 23.9 Å². The van der Waals surface area contributed by atoms with E-state index in [1.807, 2.05) is 0 Å². The Morgan fingerprint density at radius 1 is 0.254 bits per heavy atom. The first kappa shape index (κ1) is 73.6. The average Bonchev–Trinajstić information content (AvgIpc) is 3.35. The summed E-state index contributed by atoms with van der Waals surface area (Å²) < 4.78 is 15.3. The molecule has 0 unspecified atom stereocenters. The third kappa shape index (κ3) is 70.5. The molecular weight excluding hydrogens is 896 g/mol. The van der Waals surface area contributed by atoms with Crippen molar-refractivity contribution in [3.8, 4) is 0 Å². The fourth-order valence-corrected chi connectivity index (χ4v) is 8.89. The molecule has 0 atom stereocenters. The fourth-order valence-electron chi connectivity index (χ4n) is 8.89. The standard InChI is InChI=1S/C40H76O4.C22H40O4.Na/c1-3-5-7-9-11-13-15-17-19-21-23-25-27-29-31-33-37-43-39(41)35-36-40(42)44-38-34-32-30-28-26-24-22-20-18-16-14-12-10-8-6-4-2;1-2-3-4-5-6-7-8-9-10-11-12-13-14-15-16-17-20-26-22(25)19-18-21(23)24;/h35-36H,3-34,37-38H2,1-2H3;18-19H,2-17,20H2,1H3,(H,23,24);/q;;+1/p-1/b36-35+;19-18+;. The molecule has 0 rings (SSSR count). The second kappa shape index (κ2) is 66.4. The van der Waals surface area contributed by atoms with E-state index in [2.05, 4.69) is 20.8 Å². The first-order chi connectivity index (χ1) is 34.4. The van der Waals surface area contributed by atoms with Crippen LogP contribution < -0.4 is 34.7 Å². The molecule has 0 amide bonds. The van der Waals surface area contributed by atoms with Crippen molar-refractivity contribution in [2.75, 3.05) is 19.8 Å². The zero-order valence-corrected chi connectivity index (χ0v) is 49.6. The summed E-state index contributed by atoms with van der Waals surface area (Å²) in [4.78, 5) is 44.9. The molecule has 0 fully saturated rings. The fraction of sp³-hybridized carbons (Fsp3) is 0.871. The van der Waals surface area contributed by atoms with E-state index in [0.29, 0.717) is 25.9 Å². The Hall–Kier alpha value is -1.64. The number of rotatable bonds is 55. The van der Waals surface area contributed by atoms with Gasteiger partial charge in [0.25, 0.3) is 0 Å². The van der Waals surface area contributed by atoms with E-state index in [1.54, 1.807) is 0 Å². The van der Waals surface area contributed by atoms with Crippen LogP contribution in [0, 0.1) is 0 Å². The number of hydrogen-bond donors (Lipinski definition) is 0. The van der Waals surface area contributed by atoms with Gasteiger partial charge in [-0.15, -0.1) is 0 Å².